The van der Waals surface area contributed by atoms with Gasteiger partial charge in [0, 0.05) is 16.8 Å². The third-order valence-electron chi connectivity index (χ3n) is 5.04. The van der Waals surface area contributed by atoms with E-state index in [1.165, 1.54) is 0 Å². The predicted octanol–water partition coefficient (Wildman–Crippen LogP) is 4.12. The van der Waals surface area contributed by atoms with Gasteiger partial charge in [0.15, 0.2) is 0 Å². The molecule has 0 aliphatic carbocycles. The normalized spacial score (nSPS) is 12.3. The lowest BCUT2D eigenvalue weighted by molar-refractivity contribution is -0.118. The molecule has 7 heteroatoms. The van der Waals surface area contributed by atoms with Crippen molar-refractivity contribution in [2.75, 3.05) is 11.9 Å². The Morgan fingerprint density at radius 2 is 2.03 bits per heavy atom. The summed E-state index contributed by atoms with van der Waals surface area (Å²) in [5.41, 5.74) is 2.12. The van der Waals surface area contributed by atoms with E-state index >= 15 is 0 Å². The Labute approximate surface area is 174 Å². The van der Waals surface area contributed by atoms with Gasteiger partial charge in [0.25, 0.3) is 5.56 Å². The second kappa shape index (κ2) is 9.20. The molecule has 3 aromatic rings. The summed E-state index contributed by atoms with van der Waals surface area (Å²) in [5.74, 6) is 0.420. The van der Waals surface area contributed by atoms with Crippen LogP contribution in [0.25, 0.3) is 10.9 Å². The van der Waals surface area contributed by atoms with E-state index < -0.39 is 0 Å². The van der Waals surface area contributed by atoms with Gasteiger partial charge in [-0.3, -0.25) is 14.5 Å². The highest BCUT2D eigenvalue weighted by atomic mass is 35.5. The van der Waals surface area contributed by atoms with Crippen LogP contribution in [0.4, 0.5) is 5.69 Å². The van der Waals surface area contributed by atoms with Crippen molar-refractivity contribution in [3.8, 4) is 0 Å². The van der Waals surface area contributed by atoms with E-state index in [0.717, 1.165) is 17.7 Å². The number of hydrogen-bond donors (Lipinski definition) is 2. The number of rotatable bonds is 7. The molecule has 2 aromatic carbocycles. The van der Waals surface area contributed by atoms with Crippen molar-refractivity contribution in [3.05, 3.63) is 69.2 Å². The highest BCUT2D eigenvalue weighted by Crippen LogP contribution is 2.20. The van der Waals surface area contributed by atoms with E-state index in [9.17, 15) is 9.59 Å². The number of benzene rings is 2. The maximum atomic E-state index is 12.7. The summed E-state index contributed by atoms with van der Waals surface area (Å²) in [4.78, 5) is 34.4. The minimum Gasteiger partial charge on any atom is -0.325 e. The lowest BCUT2D eigenvalue weighted by Crippen LogP contribution is -2.39. The zero-order valence-corrected chi connectivity index (χ0v) is 17.6. The first kappa shape index (κ1) is 21.0. The molecule has 0 saturated carbocycles. The van der Waals surface area contributed by atoms with Crippen molar-refractivity contribution in [2.45, 2.75) is 39.8 Å². The van der Waals surface area contributed by atoms with Crippen LogP contribution >= 0.6 is 11.6 Å². The molecule has 0 spiro atoms. The highest BCUT2D eigenvalue weighted by Gasteiger charge is 2.18. The Morgan fingerprint density at radius 3 is 2.76 bits per heavy atom. The SMILES string of the molecule is CCC(C)N(CC(=O)Nc1ccc(Cl)cc1C)Cc1nc2ccccc2c(=O)[nH]1. The van der Waals surface area contributed by atoms with Crippen molar-refractivity contribution >= 4 is 34.1 Å². The Balaban J connectivity index is 1.78. The van der Waals surface area contributed by atoms with Gasteiger partial charge in [-0.2, -0.15) is 0 Å². The molecule has 29 heavy (non-hydrogen) atoms. The molecule has 0 bridgehead atoms. The summed E-state index contributed by atoms with van der Waals surface area (Å²) in [6, 6.07) is 12.7. The number of halogens is 1. The van der Waals surface area contributed by atoms with Crippen LogP contribution in [0.2, 0.25) is 5.02 Å². The Morgan fingerprint density at radius 1 is 1.28 bits per heavy atom. The van der Waals surface area contributed by atoms with Crippen LogP contribution in [0.1, 0.15) is 31.7 Å². The molecular formula is C22H25ClN4O2. The third-order valence-corrected chi connectivity index (χ3v) is 5.27. The van der Waals surface area contributed by atoms with Crippen LogP contribution in [0, 0.1) is 6.92 Å². The van der Waals surface area contributed by atoms with Crippen molar-refractivity contribution in [1.82, 2.24) is 14.9 Å². The first-order chi connectivity index (χ1) is 13.9. The number of carbonyl (C=O) groups is 1. The average Bonchev–Trinajstić information content (AvgIpc) is 2.69. The number of nitrogens with zero attached hydrogens (tertiary/aromatic N) is 2. The van der Waals surface area contributed by atoms with Gasteiger partial charge in [0.2, 0.25) is 5.91 Å². The molecule has 0 radical (unpaired) electrons. The maximum Gasteiger partial charge on any atom is 0.258 e. The van der Waals surface area contributed by atoms with Gasteiger partial charge in [-0.15, -0.1) is 0 Å². The molecule has 1 amide bonds. The van der Waals surface area contributed by atoms with Crippen molar-refractivity contribution in [1.29, 1.82) is 0 Å². The molecule has 3 rings (SSSR count). The van der Waals surface area contributed by atoms with Crippen molar-refractivity contribution in [2.24, 2.45) is 0 Å². The van der Waals surface area contributed by atoms with Gasteiger partial charge in [-0.05, 0) is 56.2 Å². The zero-order chi connectivity index (χ0) is 21.0. The summed E-state index contributed by atoms with van der Waals surface area (Å²) in [6.07, 6.45) is 0.866. The van der Waals surface area contributed by atoms with Gasteiger partial charge in [0.1, 0.15) is 5.82 Å². The summed E-state index contributed by atoms with van der Waals surface area (Å²) in [6.45, 7) is 6.59. The van der Waals surface area contributed by atoms with Gasteiger partial charge in [-0.1, -0.05) is 30.7 Å². The summed E-state index contributed by atoms with van der Waals surface area (Å²) >= 11 is 5.99. The number of aromatic nitrogens is 2. The Bertz CT molecular complexity index is 1080. The quantitative estimate of drug-likeness (QED) is 0.611. The van der Waals surface area contributed by atoms with Gasteiger partial charge >= 0.3 is 0 Å². The second-order valence-electron chi connectivity index (χ2n) is 7.20. The number of aryl methyl sites for hydroxylation is 1. The summed E-state index contributed by atoms with van der Waals surface area (Å²) in [5, 5.41) is 4.13. The van der Waals surface area contributed by atoms with Crippen molar-refractivity contribution < 1.29 is 4.79 Å². The first-order valence-corrected chi connectivity index (χ1v) is 10.0. The molecule has 152 valence electrons. The molecule has 1 unspecified atom stereocenters. The molecule has 0 fully saturated rings. The Hall–Kier alpha value is -2.70. The van der Waals surface area contributed by atoms with Crippen LogP contribution in [-0.4, -0.2) is 33.4 Å². The minimum atomic E-state index is -0.170. The lowest BCUT2D eigenvalue weighted by Gasteiger charge is -2.27. The fraction of sp³-hybridized carbons (Fsp3) is 0.318. The Kier molecular flexibility index (Phi) is 6.67. The number of nitrogens with one attached hydrogen (secondary N) is 2. The number of hydrogen-bond acceptors (Lipinski definition) is 4. The highest BCUT2D eigenvalue weighted by molar-refractivity contribution is 6.30. The van der Waals surface area contributed by atoms with E-state index in [-0.39, 0.29) is 24.1 Å². The number of carbonyl (C=O) groups excluding carboxylic acids is 1. The number of para-hydroxylation sites is 1. The molecular weight excluding hydrogens is 388 g/mol. The van der Waals surface area contributed by atoms with Crippen molar-refractivity contribution in [3.63, 3.8) is 0 Å². The molecule has 0 saturated heterocycles. The number of anilines is 1. The fourth-order valence-corrected chi connectivity index (χ4v) is 3.40. The third kappa shape index (κ3) is 5.22. The largest absolute Gasteiger partial charge is 0.325 e. The average molecular weight is 413 g/mol. The molecule has 1 heterocycles. The second-order valence-corrected chi connectivity index (χ2v) is 7.64. The monoisotopic (exact) mass is 412 g/mol. The van der Waals surface area contributed by atoms with E-state index in [0.29, 0.717) is 28.3 Å². The van der Waals surface area contributed by atoms with Gasteiger partial charge in [0.05, 0.1) is 24.0 Å². The van der Waals surface area contributed by atoms with E-state index in [1.54, 1.807) is 18.2 Å². The topological polar surface area (TPSA) is 78.1 Å². The molecule has 1 aromatic heterocycles. The molecule has 0 aliphatic heterocycles. The van der Waals surface area contributed by atoms with Crippen LogP contribution in [0.5, 0.6) is 0 Å². The lowest BCUT2D eigenvalue weighted by atomic mass is 10.2. The molecule has 6 nitrogen and oxygen atoms in total. The van der Waals surface area contributed by atoms with E-state index in [1.807, 2.05) is 36.1 Å². The fourth-order valence-electron chi connectivity index (χ4n) is 3.17. The number of fused-ring (bicyclic) bond motifs is 1. The van der Waals surface area contributed by atoms with Gasteiger partial charge < -0.3 is 10.3 Å². The number of aromatic amines is 1. The van der Waals surface area contributed by atoms with Crippen LogP contribution < -0.4 is 10.9 Å². The first-order valence-electron chi connectivity index (χ1n) is 9.65. The van der Waals surface area contributed by atoms with E-state index in [2.05, 4.69) is 29.1 Å². The number of amides is 1. The van der Waals surface area contributed by atoms with Crippen LogP contribution in [0.3, 0.4) is 0 Å². The molecule has 1 atom stereocenters. The standard InChI is InChI=1S/C22H25ClN4O2/c1-4-15(3)27(13-21(28)25-18-10-9-16(23)11-14(18)2)12-20-24-19-8-6-5-7-17(19)22(29)26-20/h5-11,15H,4,12-13H2,1-3H3,(H,25,28)(H,24,26,29). The number of H-pyrrole nitrogens is 1. The van der Waals surface area contributed by atoms with Crippen LogP contribution in [-0.2, 0) is 11.3 Å². The summed E-state index contributed by atoms with van der Waals surface area (Å²) in [7, 11) is 0. The predicted molar refractivity (Wildman–Crippen MR) is 117 cm³/mol. The summed E-state index contributed by atoms with van der Waals surface area (Å²) < 4.78 is 0. The molecule has 0 aliphatic rings. The smallest absolute Gasteiger partial charge is 0.258 e. The zero-order valence-electron chi connectivity index (χ0n) is 16.8. The minimum absolute atomic E-state index is 0.126. The molecule has 2 N–H and O–H groups in total. The van der Waals surface area contributed by atoms with Gasteiger partial charge in [-0.25, -0.2) is 4.98 Å². The van der Waals surface area contributed by atoms with Crippen LogP contribution in [0.15, 0.2) is 47.3 Å². The maximum absolute atomic E-state index is 12.7. The van der Waals surface area contributed by atoms with E-state index in [4.69, 9.17) is 11.6 Å².